The third kappa shape index (κ3) is 6.33. The summed E-state index contributed by atoms with van der Waals surface area (Å²) in [6, 6.07) is 6.50. The number of thioether (sulfide) groups is 2. The molecule has 0 unspecified atom stereocenters. The minimum atomic E-state index is 0.126. The van der Waals surface area contributed by atoms with Crippen LogP contribution in [-0.2, 0) is 4.79 Å². The van der Waals surface area contributed by atoms with Gasteiger partial charge in [0, 0.05) is 47.7 Å². The largest absolute Gasteiger partial charge is 0.497 e. The number of carbonyl (C=O) groups excluding carboxylic acids is 1. The van der Waals surface area contributed by atoms with E-state index < -0.39 is 0 Å². The minimum absolute atomic E-state index is 0.126. The zero-order chi connectivity index (χ0) is 19.1. The summed E-state index contributed by atoms with van der Waals surface area (Å²) in [5.74, 6) is 6.74. The molecule has 0 saturated carbocycles. The van der Waals surface area contributed by atoms with E-state index in [1.165, 1.54) is 48.9 Å². The predicted octanol–water partition coefficient (Wildman–Crippen LogP) is 4.28. The zero-order valence-electron chi connectivity index (χ0n) is 16.5. The molecule has 2 aliphatic heterocycles. The number of anilines is 1. The molecule has 2 heterocycles. The Labute approximate surface area is 172 Å². The third-order valence-electron chi connectivity index (χ3n) is 5.55. The Hall–Kier alpha value is -0.850. The minimum Gasteiger partial charge on any atom is -0.497 e. The van der Waals surface area contributed by atoms with E-state index in [4.69, 9.17) is 4.74 Å². The summed E-state index contributed by atoms with van der Waals surface area (Å²) >= 11 is 4.21. The van der Waals surface area contributed by atoms with Crippen molar-refractivity contribution in [3.8, 4) is 5.75 Å². The average molecular weight is 409 g/mol. The first-order valence-electron chi connectivity index (χ1n) is 9.99. The Kier molecular flexibility index (Phi) is 8.22. The van der Waals surface area contributed by atoms with E-state index in [0.29, 0.717) is 12.3 Å². The van der Waals surface area contributed by atoms with E-state index in [9.17, 15) is 4.79 Å². The van der Waals surface area contributed by atoms with Gasteiger partial charge in [-0.25, -0.2) is 0 Å². The number of nitrogens with zero attached hydrogens (tertiary/aromatic N) is 1. The lowest BCUT2D eigenvalue weighted by molar-refractivity contribution is -0.116. The number of likely N-dealkylation sites (tertiary alicyclic amines) is 1. The van der Waals surface area contributed by atoms with Crippen molar-refractivity contribution in [2.45, 2.75) is 38.6 Å². The fourth-order valence-electron chi connectivity index (χ4n) is 3.93. The van der Waals surface area contributed by atoms with E-state index >= 15 is 0 Å². The maximum Gasteiger partial charge on any atom is 0.224 e. The number of rotatable bonds is 6. The van der Waals surface area contributed by atoms with E-state index in [1.807, 2.05) is 25.1 Å². The first-order valence-corrected chi connectivity index (χ1v) is 12.3. The first-order chi connectivity index (χ1) is 13.2. The molecule has 1 aromatic rings. The molecule has 0 spiro atoms. The monoisotopic (exact) mass is 408 g/mol. The summed E-state index contributed by atoms with van der Waals surface area (Å²) in [6.07, 6.45) is 4.14. The van der Waals surface area contributed by atoms with E-state index in [1.54, 1.807) is 7.11 Å². The Morgan fingerprint density at radius 3 is 2.78 bits per heavy atom. The molecule has 1 aromatic carbocycles. The molecule has 2 fully saturated rings. The Morgan fingerprint density at radius 2 is 2.07 bits per heavy atom. The van der Waals surface area contributed by atoms with Crippen LogP contribution in [0.4, 0.5) is 5.69 Å². The van der Waals surface area contributed by atoms with Gasteiger partial charge < -0.3 is 10.1 Å². The lowest BCUT2D eigenvalue weighted by atomic mass is 9.92. The van der Waals surface area contributed by atoms with Gasteiger partial charge in [0.15, 0.2) is 0 Å². The summed E-state index contributed by atoms with van der Waals surface area (Å²) in [4.78, 5) is 15.1. The molecule has 4 nitrogen and oxygen atoms in total. The molecule has 0 radical (unpaired) electrons. The molecule has 6 heteroatoms. The van der Waals surface area contributed by atoms with Crippen LogP contribution < -0.4 is 10.1 Å². The van der Waals surface area contributed by atoms with Crippen LogP contribution >= 0.6 is 23.5 Å². The average Bonchev–Trinajstić information content (AvgIpc) is 2.98. The van der Waals surface area contributed by atoms with Crippen molar-refractivity contribution in [1.29, 1.82) is 0 Å². The first kappa shape index (κ1) is 20.9. The highest BCUT2D eigenvalue weighted by atomic mass is 32.2. The molecule has 27 heavy (non-hydrogen) atoms. The fraction of sp³-hybridized carbons (Fsp3) is 0.667. The molecule has 2 saturated heterocycles. The van der Waals surface area contributed by atoms with Crippen molar-refractivity contribution in [1.82, 2.24) is 4.90 Å². The zero-order valence-corrected chi connectivity index (χ0v) is 18.2. The standard InChI is InChI=1S/C21H32N2O2S2/c1-16-12-19(25-2)6-7-20(16)22-21(24)8-5-17-4-3-9-23(13-17)18-14-26-10-11-27-15-18/h6-7,12,17-18H,3-5,8-11,13-15H2,1-2H3,(H,22,24)/t17-/m0/s1. The van der Waals surface area contributed by atoms with Crippen molar-refractivity contribution >= 4 is 35.1 Å². The summed E-state index contributed by atoms with van der Waals surface area (Å²) in [7, 11) is 1.66. The molecule has 0 bridgehead atoms. The highest BCUT2D eigenvalue weighted by molar-refractivity contribution is 8.03. The van der Waals surface area contributed by atoms with Gasteiger partial charge in [-0.05, 0) is 62.4 Å². The quantitative estimate of drug-likeness (QED) is 0.761. The van der Waals surface area contributed by atoms with Crippen LogP contribution in [0.3, 0.4) is 0 Å². The Balaban J connectivity index is 1.45. The van der Waals surface area contributed by atoms with Gasteiger partial charge in [0.1, 0.15) is 5.75 Å². The van der Waals surface area contributed by atoms with Crippen LogP contribution in [0.1, 0.15) is 31.2 Å². The molecular formula is C21H32N2O2S2. The summed E-state index contributed by atoms with van der Waals surface area (Å²) in [5.41, 5.74) is 1.92. The molecule has 2 aliphatic rings. The number of aryl methyl sites for hydroxylation is 1. The van der Waals surface area contributed by atoms with Crippen LogP contribution in [0.25, 0.3) is 0 Å². The maximum absolute atomic E-state index is 12.4. The van der Waals surface area contributed by atoms with Crippen molar-refractivity contribution in [2.24, 2.45) is 5.92 Å². The number of hydrogen-bond donors (Lipinski definition) is 1. The second-order valence-corrected chi connectivity index (χ2v) is 9.87. The van der Waals surface area contributed by atoms with Crippen molar-refractivity contribution in [2.75, 3.05) is 48.5 Å². The number of ether oxygens (including phenoxy) is 1. The smallest absolute Gasteiger partial charge is 0.224 e. The predicted molar refractivity (Wildman–Crippen MR) is 118 cm³/mol. The summed E-state index contributed by atoms with van der Waals surface area (Å²) in [5, 5.41) is 3.07. The fourth-order valence-corrected chi connectivity index (χ4v) is 6.56. The number of carbonyl (C=O) groups is 1. The Bertz CT molecular complexity index is 618. The van der Waals surface area contributed by atoms with E-state index in [2.05, 4.69) is 33.7 Å². The maximum atomic E-state index is 12.4. The molecule has 150 valence electrons. The van der Waals surface area contributed by atoms with Crippen molar-refractivity contribution in [3.63, 3.8) is 0 Å². The molecule has 3 rings (SSSR count). The highest BCUT2D eigenvalue weighted by Gasteiger charge is 2.27. The highest BCUT2D eigenvalue weighted by Crippen LogP contribution is 2.27. The lowest BCUT2D eigenvalue weighted by Gasteiger charge is -2.37. The number of hydrogen-bond acceptors (Lipinski definition) is 5. The van der Waals surface area contributed by atoms with Gasteiger partial charge in [-0.15, -0.1) is 0 Å². The molecule has 0 aromatic heterocycles. The molecular weight excluding hydrogens is 376 g/mol. The van der Waals surface area contributed by atoms with Crippen molar-refractivity contribution < 1.29 is 9.53 Å². The molecule has 1 atom stereocenters. The number of nitrogens with one attached hydrogen (secondary N) is 1. The van der Waals surface area contributed by atoms with Crippen molar-refractivity contribution in [3.05, 3.63) is 23.8 Å². The normalized spacial score (nSPS) is 22.2. The second-order valence-electron chi connectivity index (χ2n) is 7.57. The van der Waals surface area contributed by atoms with Gasteiger partial charge in [0.2, 0.25) is 5.91 Å². The van der Waals surface area contributed by atoms with E-state index in [0.717, 1.165) is 29.5 Å². The Morgan fingerprint density at radius 1 is 1.30 bits per heavy atom. The van der Waals surface area contributed by atoms with Crippen LogP contribution in [0.15, 0.2) is 18.2 Å². The lowest BCUT2D eigenvalue weighted by Crippen LogP contribution is -2.45. The molecule has 1 amide bonds. The number of piperidine rings is 1. The third-order valence-corrected chi connectivity index (χ3v) is 8.03. The van der Waals surface area contributed by atoms with Gasteiger partial charge in [-0.1, -0.05) is 0 Å². The SMILES string of the molecule is COc1ccc(NC(=O)CC[C@@H]2CCCN(C3CSCCSC3)C2)c(C)c1. The second kappa shape index (κ2) is 10.6. The van der Waals surface area contributed by atoms with Crippen LogP contribution in [-0.4, -0.2) is 60.1 Å². The molecule has 1 N–H and O–H groups in total. The van der Waals surface area contributed by atoms with Gasteiger partial charge >= 0.3 is 0 Å². The van der Waals surface area contributed by atoms with Crippen LogP contribution in [0, 0.1) is 12.8 Å². The number of benzene rings is 1. The van der Waals surface area contributed by atoms with Gasteiger partial charge in [-0.3, -0.25) is 9.69 Å². The number of methoxy groups -OCH3 is 1. The van der Waals surface area contributed by atoms with Gasteiger partial charge in [-0.2, -0.15) is 23.5 Å². The molecule has 0 aliphatic carbocycles. The van der Waals surface area contributed by atoms with Gasteiger partial charge in [0.05, 0.1) is 7.11 Å². The van der Waals surface area contributed by atoms with E-state index in [-0.39, 0.29) is 5.91 Å². The van der Waals surface area contributed by atoms with Crippen LogP contribution in [0.2, 0.25) is 0 Å². The summed E-state index contributed by atoms with van der Waals surface area (Å²) < 4.78 is 5.23. The van der Waals surface area contributed by atoms with Gasteiger partial charge in [0.25, 0.3) is 0 Å². The number of amides is 1. The van der Waals surface area contributed by atoms with Crippen LogP contribution in [0.5, 0.6) is 5.75 Å². The topological polar surface area (TPSA) is 41.6 Å². The summed E-state index contributed by atoms with van der Waals surface area (Å²) in [6.45, 7) is 4.40.